The molecule has 7 heteroatoms. The molecule has 0 heterocycles. The summed E-state index contributed by atoms with van der Waals surface area (Å²) in [6.07, 6.45) is 1.31. The summed E-state index contributed by atoms with van der Waals surface area (Å²) in [5.74, 6) is -0.439. The Kier molecular flexibility index (Phi) is 4.57. The predicted octanol–water partition coefficient (Wildman–Crippen LogP) is 2.23. The lowest BCUT2D eigenvalue weighted by molar-refractivity contribution is -0.384. The Hall–Kier alpha value is -3.53. The first kappa shape index (κ1) is 14.9. The smallest absolute Gasteiger partial charge is 0.267 e. The number of hydrogen-bond donors (Lipinski definition) is 1. The maximum atomic E-state index is 11.8. The fraction of sp³-hybridized carbons (Fsp3) is 0. The Labute approximate surface area is 125 Å². The minimum absolute atomic E-state index is 0.0534. The van der Waals surface area contributed by atoms with Crippen LogP contribution in [-0.2, 0) is 0 Å². The second-order valence-corrected chi connectivity index (χ2v) is 4.24. The maximum absolute atomic E-state index is 11.8. The molecule has 0 spiro atoms. The summed E-state index contributed by atoms with van der Waals surface area (Å²) in [6.45, 7) is 0. The van der Waals surface area contributed by atoms with Gasteiger partial charge in [0.1, 0.15) is 0 Å². The number of hydrazone groups is 1. The van der Waals surface area contributed by atoms with Crippen molar-refractivity contribution in [1.82, 2.24) is 5.43 Å². The molecule has 0 aromatic heterocycles. The number of carbonyl (C=O) groups is 1. The number of hydrogen-bond acceptors (Lipinski definition) is 5. The van der Waals surface area contributed by atoms with Gasteiger partial charge in [0.05, 0.1) is 22.8 Å². The Morgan fingerprint density at radius 3 is 2.64 bits per heavy atom. The van der Waals surface area contributed by atoms with Gasteiger partial charge in [0.15, 0.2) is 0 Å². The molecule has 0 fully saturated rings. The van der Waals surface area contributed by atoms with E-state index in [9.17, 15) is 14.9 Å². The first-order valence-corrected chi connectivity index (χ1v) is 6.18. The van der Waals surface area contributed by atoms with Gasteiger partial charge in [-0.15, -0.1) is 0 Å². The Morgan fingerprint density at radius 1 is 1.27 bits per heavy atom. The van der Waals surface area contributed by atoms with Crippen LogP contribution < -0.4 is 5.43 Å². The van der Waals surface area contributed by atoms with Crippen LogP contribution in [0.2, 0.25) is 0 Å². The Balaban J connectivity index is 2.02. The largest absolute Gasteiger partial charge is 0.271 e. The summed E-state index contributed by atoms with van der Waals surface area (Å²) in [4.78, 5) is 21.9. The highest BCUT2D eigenvalue weighted by molar-refractivity contribution is 5.95. The molecule has 0 unspecified atom stereocenters. The zero-order chi connectivity index (χ0) is 15.9. The summed E-state index contributed by atoms with van der Waals surface area (Å²) in [5.41, 5.74) is 3.56. The molecule has 0 bridgehead atoms. The maximum Gasteiger partial charge on any atom is 0.271 e. The molecule has 0 saturated carbocycles. The molecule has 2 aromatic carbocycles. The first-order valence-electron chi connectivity index (χ1n) is 6.18. The van der Waals surface area contributed by atoms with Crippen molar-refractivity contribution in [2.24, 2.45) is 5.10 Å². The van der Waals surface area contributed by atoms with Crippen molar-refractivity contribution >= 4 is 17.8 Å². The van der Waals surface area contributed by atoms with Crippen molar-refractivity contribution in [3.05, 3.63) is 75.3 Å². The number of nitrogens with zero attached hydrogens (tertiary/aromatic N) is 3. The molecule has 2 rings (SSSR count). The highest BCUT2D eigenvalue weighted by Gasteiger charge is 2.05. The van der Waals surface area contributed by atoms with Gasteiger partial charge in [0, 0.05) is 23.3 Å². The van der Waals surface area contributed by atoms with Crippen LogP contribution in [0.4, 0.5) is 5.69 Å². The van der Waals surface area contributed by atoms with Gasteiger partial charge in [-0.2, -0.15) is 10.4 Å². The molecule has 22 heavy (non-hydrogen) atoms. The second kappa shape index (κ2) is 6.76. The number of rotatable bonds is 4. The molecule has 0 atom stereocenters. The van der Waals surface area contributed by atoms with Gasteiger partial charge < -0.3 is 0 Å². The van der Waals surface area contributed by atoms with Crippen LogP contribution in [0, 0.1) is 21.4 Å². The highest BCUT2D eigenvalue weighted by atomic mass is 16.6. The van der Waals surface area contributed by atoms with Gasteiger partial charge in [-0.3, -0.25) is 14.9 Å². The Morgan fingerprint density at radius 2 is 2.00 bits per heavy atom. The molecule has 2 aromatic rings. The molecule has 0 radical (unpaired) electrons. The van der Waals surface area contributed by atoms with Crippen molar-refractivity contribution in [1.29, 1.82) is 5.26 Å². The predicted molar refractivity (Wildman–Crippen MR) is 79.3 cm³/mol. The standard InChI is InChI=1S/C15H10N4O3/c16-9-11-4-6-13(7-5-11)15(20)18-17-10-12-2-1-3-14(8-12)19(21)22/h1-8,10H,(H,18,20)/b17-10-. The van der Waals surface area contributed by atoms with E-state index in [0.29, 0.717) is 16.7 Å². The number of nitro benzene ring substituents is 1. The minimum atomic E-state index is -0.507. The van der Waals surface area contributed by atoms with E-state index >= 15 is 0 Å². The number of nitriles is 1. The van der Waals surface area contributed by atoms with Crippen LogP contribution in [0.1, 0.15) is 21.5 Å². The minimum Gasteiger partial charge on any atom is -0.267 e. The van der Waals surface area contributed by atoms with Gasteiger partial charge in [0.25, 0.3) is 11.6 Å². The molecular formula is C15H10N4O3. The lowest BCUT2D eigenvalue weighted by Crippen LogP contribution is -2.17. The van der Waals surface area contributed by atoms with E-state index in [0.717, 1.165) is 0 Å². The average Bonchev–Trinajstić information content (AvgIpc) is 2.55. The van der Waals surface area contributed by atoms with Crippen molar-refractivity contribution in [2.75, 3.05) is 0 Å². The fourth-order valence-electron chi connectivity index (χ4n) is 1.64. The van der Waals surface area contributed by atoms with Crippen molar-refractivity contribution < 1.29 is 9.72 Å². The number of non-ortho nitro benzene ring substituents is 1. The highest BCUT2D eigenvalue weighted by Crippen LogP contribution is 2.11. The lowest BCUT2D eigenvalue weighted by Gasteiger charge is -1.99. The molecule has 0 aliphatic carbocycles. The van der Waals surface area contributed by atoms with Crippen LogP contribution in [0.25, 0.3) is 0 Å². The van der Waals surface area contributed by atoms with E-state index in [1.165, 1.54) is 48.7 Å². The zero-order valence-corrected chi connectivity index (χ0v) is 11.3. The second-order valence-electron chi connectivity index (χ2n) is 4.24. The average molecular weight is 294 g/mol. The molecule has 0 aliphatic rings. The molecule has 1 N–H and O–H groups in total. The van der Waals surface area contributed by atoms with Crippen LogP contribution in [0.3, 0.4) is 0 Å². The van der Waals surface area contributed by atoms with Crippen LogP contribution in [0.5, 0.6) is 0 Å². The van der Waals surface area contributed by atoms with Gasteiger partial charge in [-0.05, 0) is 24.3 Å². The van der Waals surface area contributed by atoms with Crippen molar-refractivity contribution in [3.63, 3.8) is 0 Å². The molecule has 0 saturated heterocycles. The van der Waals surface area contributed by atoms with Crippen molar-refractivity contribution in [2.45, 2.75) is 0 Å². The summed E-state index contributed by atoms with van der Waals surface area (Å²) in [7, 11) is 0. The summed E-state index contributed by atoms with van der Waals surface area (Å²) in [5, 5.41) is 23.1. The number of nitro groups is 1. The molecule has 1 amide bonds. The SMILES string of the molecule is N#Cc1ccc(C(=O)N/N=C\c2cccc([N+](=O)[O-])c2)cc1. The van der Waals surface area contributed by atoms with E-state index in [1.54, 1.807) is 6.07 Å². The number of amides is 1. The zero-order valence-electron chi connectivity index (χ0n) is 11.3. The summed E-state index contributed by atoms with van der Waals surface area (Å²) in [6, 6.07) is 13.9. The molecule has 7 nitrogen and oxygen atoms in total. The lowest BCUT2D eigenvalue weighted by atomic mass is 10.1. The monoisotopic (exact) mass is 294 g/mol. The van der Waals surface area contributed by atoms with Crippen LogP contribution in [-0.4, -0.2) is 17.0 Å². The van der Waals surface area contributed by atoms with E-state index in [-0.39, 0.29) is 5.69 Å². The summed E-state index contributed by atoms with van der Waals surface area (Å²) < 4.78 is 0. The van der Waals surface area contributed by atoms with Crippen molar-refractivity contribution in [3.8, 4) is 6.07 Å². The number of carbonyl (C=O) groups excluding carboxylic acids is 1. The van der Waals surface area contributed by atoms with E-state index < -0.39 is 10.8 Å². The molecule has 0 aliphatic heterocycles. The van der Waals surface area contributed by atoms with Gasteiger partial charge in [0.2, 0.25) is 0 Å². The molecular weight excluding hydrogens is 284 g/mol. The Bertz CT molecular complexity index is 776. The fourth-order valence-corrected chi connectivity index (χ4v) is 1.64. The van der Waals surface area contributed by atoms with Gasteiger partial charge >= 0.3 is 0 Å². The van der Waals surface area contributed by atoms with Gasteiger partial charge in [-0.1, -0.05) is 12.1 Å². The van der Waals surface area contributed by atoms with E-state index in [2.05, 4.69) is 10.5 Å². The molecule has 108 valence electrons. The van der Waals surface area contributed by atoms with E-state index in [4.69, 9.17) is 5.26 Å². The van der Waals surface area contributed by atoms with Gasteiger partial charge in [-0.25, -0.2) is 5.43 Å². The quantitative estimate of drug-likeness (QED) is 0.529. The normalized spacial score (nSPS) is 10.1. The number of benzene rings is 2. The van der Waals surface area contributed by atoms with E-state index in [1.807, 2.05) is 6.07 Å². The topological polar surface area (TPSA) is 108 Å². The van der Waals surface area contributed by atoms with Crippen LogP contribution >= 0.6 is 0 Å². The third-order valence-corrected chi connectivity index (χ3v) is 2.74. The number of nitrogens with one attached hydrogen (secondary N) is 1. The van der Waals surface area contributed by atoms with Crippen LogP contribution in [0.15, 0.2) is 53.6 Å². The first-order chi connectivity index (χ1) is 10.6. The third kappa shape index (κ3) is 3.74. The summed E-state index contributed by atoms with van der Waals surface area (Å²) >= 11 is 0. The third-order valence-electron chi connectivity index (χ3n) is 2.74.